The number of carbonyl (C=O) groups is 1. The summed E-state index contributed by atoms with van der Waals surface area (Å²) in [6.07, 6.45) is 5.54. The summed E-state index contributed by atoms with van der Waals surface area (Å²) in [5.74, 6) is -0.0887. The lowest BCUT2D eigenvalue weighted by atomic mass is 10.1. The highest BCUT2D eigenvalue weighted by Crippen LogP contribution is 2.62. The Hall–Kier alpha value is -0.176. The molecule has 0 N–H and O–H groups in total. The molecule has 0 heterocycles. The third-order valence-electron chi connectivity index (χ3n) is 6.57. The van der Waals surface area contributed by atoms with Gasteiger partial charge in [0.05, 0.1) is 0 Å². The lowest BCUT2D eigenvalue weighted by Crippen LogP contribution is -2.60. The normalized spacial score (nSPS) is 19.1. The molecular weight excluding hydrogens is 384 g/mol. The van der Waals surface area contributed by atoms with Gasteiger partial charge in [-0.05, 0) is 55.7 Å². The largest absolute Gasteiger partial charge is 0.517 e. The van der Waals surface area contributed by atoms with Gasteiger partial charge in [0.1, 0.15) is 5.04 Å². The van der Waals surface area contributed by atoms with Crippen LogP contribution in [-0.4, -0.2) is 36.8 Å². The average Bonchev–Trinajstić information content (AvgIpc) is 3.10. The van der Waals surface area contributed by atoms with Crippen molar-refractivity contribution >= 4 is 23.6 Å². The maximum Gasteiger partial charge on any atom is 0.402 e. The Morgan fingerprint density at radius 2 is 1.32 bits per heavy atom. The standard InChI is InChI=1S/C22H45O4Si2/c1-11-22(10,27(24-12-2)25-13-3)19(23)26-28(20(4,5)6,21(7,8)9)18-16-14-15-17-18/h18H,11-17H2,1-10H3. The molecule has 1 aliphatic rings. The summed E-state index contributed by atoms with van der Waals surface area (Å²) in [5.41, 5.74) is 0.521. The van der Waals surface area contributed by atoms with Crippen molar-refractivity contribution in [2.45, 2.75) is 122 Å². The first-order chi connectivity index (χ1) is 12.8. The van der Waals surface area contributed by atoms with Crippen LogP contribution in [0.3, 0.4) is 0 Å². The van der Waals surface area contributed by atoms with Gasteiger partial charge in [-0.15, -0.1) is 0 Å². The fourth-order valence-corrected chi connectivity index (χ4v) is 14.4. The molecule has 1 saturated carbocycles. The van der Waals surface area contributed by atoms with Crippen LogP contribution in [0, 0.1) is 0 Å². The van der Waals surface area contributed by atoms with Crippen LogP contribution < -0.4 is 0 Å². The van der Waals surface area contributed by atoms with Gasteiger partial charge in [-0.3, -0.25) is 4.79 Å². The Balaban J connectivity index is 3.42. The molecule has 28 heavy (non-hydrogen) atoms. The summed E-state index contributed by atoms with van der Waals surface area (Å²) in [5, 5.41) is -0.770. The fourth-order valence-electron chi connectivity index (χ4n) is 5.32. The Kier molecular flexibility index (Phi) is 9.01. The molecule has 0 aromatic carbocycles. The van der Waals surface area contributed by atoms with Crippen LogP contribution in [-0.2, 0) is 18.1 Å². The van der Waals surface area contributed by atoms with E-state index in [0.717, 1.165) is 0 Å². The minimum absolute atomic E-state index is 0.0330. The minimum Gasteiger partial charge on any atom is -0.517 e. The van der Waals surface area contributed by atoms with Gasteiger partial charge in [-0.2, -0.15) is 0 Å². The van der Waals surface area contributed by atoms with E-state index in [0.29, 0.717) is 25.2 Å². The summed E-state index contributed by atoms with van der Waals surface area (Å²) in [6.45, 7) is 22.8. The van der Waals surface area contributed by atoms with Gasteiger partial charge in [0.2, 0.25) is 0 Å². The molecule has 0 bridgehead atoms. The summed E-state index contributed by atoms with van der Waals surface area (Å²) >= 11 is 0. The van der Waals surface area contributed by atoms with Gasteiger partial charge >= 0.3 is 9.28 Å². The summed E-state index contributed by atoms with van der Waals surface area (Å²) < 4.78 is 18.8. The number of rotatable bonds is 9. The summed E-state index contributed by atoms with van der Waals surface area (Å²) in [6, 6.07) is 0. The third kappa shape index (κ3) is 4.93. The van der Waals surface area contributed by atoms with Crippen molar-refractivity contribution in [1.82, 2.24) is 0 Å². The van der Waals surface area contributed by atoms with Crippen molar-refractivity contribution in [1.29, 1.82) is 0 Å². The smallest absolute Gasteiger partial charge is 0.402 e. The van der Waals surface area contributed by atoms with Crippen molar-refractivity contribution in [3.05, 3.63) is 0 Å². The Bertz CT molecular complexity index is 484. The zero-order valence-electron chi connectivity index (χ0n) is 20.2. The summed E-state index contributed by atoms with van der Waals surface area (Å²) in [4.78, 5) is 13.8. The minimum atomic E-state index is -2.49. The predicted molar refractivity (Wildman–Crippen MR) is 121 cm³/mol. The second kappa shape index (κ2) is 9.75. The summed E-state index contributed by atoms with van der Waals surface area (Å²) in [7, 11) is -4.26. The molecular formula is C22H45O4Si2. The van der Waals surface area contributed by atoms with E-state index in [1.807, 2.05) is 20.8 Å². The highest BCUT2D eigenvalue weighted by Gasteiger charge is 2.64. The molecule has 0 aromatic rings. The second-order valence-electron chi connectivity index (χ2n) is 10.4. The fraction of sp³-hybridized carbons (Fsp3) is 0.955. The molecule has 165 valence electrons. The van der Waals surface area contributed by atoms with Gasteiger partial charge in [0, 0.05) is 13.2 Å². The molecule has 1 radical (unpaired) electrons. The van der Waals surface area contributed by atoms with Crippen LogP contribution in [0.1, 0.15) is 101 Å². The van der Waals surface area contributed by atoms with Crippen LogP contribution in [0.5, 0.6) is 0 Å². The highest BCUT2D eigenvalue weighted by molar-refractivity contribution is 6.82. The number of hydrogen-bond donors (Lipinski definition) is 0. The first-order valence-electron chi connectivity index (χ1n) is 11.2. The highest BCUT2D eigenvalue weighted by atomic mass is 28.4. The van der Waals surface area contributed by atoms with E-state index in [4.69, 9.17) is 13.3 Å². The molecule has 1 fully saturated rings. The molecule has 6 heteroatoms. The van der Waals surface area contributed by atoms with E-state index in [9.17, 15) is 4.79 Å². The maximum atomic E-state index is 13.8. The van der Waals surface area contributed by atoms with Crippen molar-refractivity contribution < 1.29 is 18.1 Å². The zero-order valence-corrected chi connectivity index (χ0v) is 22.2. The Morgan fingerprint density at radius 3 is 1.64 bits per heavy atom. The van der Waals surface area contributed by atoms with E-state index in [1.165, 1.54) is 25.7 Å². The van der Waals surface area contributed by atoms with Gasteiger partial charge in [0.15, 0.2) is 0 Å². The molecule has 1 aliphatic carbocycles. The quantitative estimate of drug-likeness (QED) is 0.380. The molecule has 0 aliphatic heterocycles. The van der Waals surface area contributed by atoms with Gasteiger partial charge in [-0.25, -0.2) is 0 Å². The van der Waals surface area contributed by atoms with Crippen molar-refractivity contribution in [3.63, 3.8) is 0 Å². The lowest BCUT2D eigenvalue weighted by molar-refractivity contribution is -0.140. The SMILES string of the molecule is CCO[Si](OCC)C(C)(CC)C(=O)O[Si](C1CCCC1)(C(C)(C)C)C(C)(C)C. The zero-order chi connectivity index (χ0) is 21.8. The van der Waals surface area contributed by atoms with Crippen LogP contribution >= 0.6 is 0 Å². The first-order valence-corrected chi connectivity index (χ1v) is 14.5. The monoisotopic (exact) mass is 429 g/mol. The van der Waals surface area contributed by atoms with Crippen LogP contribution in [0.15, 0.2) is 0 Å². The number of carbonyl (C=O) groups excluding carboxylic acids is 1. The first kappa shape index (κ1) is 25.9. The van der Waals surface area contributed by atoms with E-state index in [1.54, 1.807) is 0 Å². The molecule has 1 unspecified atom stereocenters. The molecule has 0 spiro atoms. The lowest BCUT2D eigenvalue weighted by Gasteiger charge is -2.54. The van der Waals surface area contributed by atoms with Crippen molar-refractivity contribution in [3.8, 4) is 0 Å². The van der Waals surface area contributed by atoms with Gasteiger partial charge in [-0.1, -0.05) is 61.3 Å². The van der Waals surface area contributed by atoms with Crippen LogP contribution in [0.4, 0.5) is 0 Å². The van der Waals surface area contributed by atoms with E-state index < -0.39 is 22.6 Å². The predicted octanol–water partition coefficient (Wildman–Crippen LogP) is 6.75. The van der Waals surface area contributed by atoms with Crippen molar-refractivity contribution in [2.24, 2.45) is 0 Å². The molecule has 0 amide bonds. The Labute approximate surface area is 177 Å². The molecule has 1 atom stereocenters. The topological polar surface area (TPSA) is 44.8 Å². The maximum absolute atomic E-state index is 13.8. The average molecular weight is 430 g/mol. The number of hydrogen-bond acceptors (Lipinski definition) is 4. The van der Waals surface area contributed by atoms with E-state index in [2.05, 4.69) is 48.5 Å². The van der Waals surface area contributed by atoms with Gasteiger partial charge < -0.3 is 13.3 Å². The molecule has 4 nitrogen and oxygen atoms in total. The van der Waals surface area contributed by atoms with Crippen molar-refractivity contribution in [2.75, 3.05) is 13.2 Å². The van der Waals surface area contributed by atoms with Crippen LogP contribution in [0.25, 0.3) is 0 Å². The van der Waals surface area contributed by atoms with E-state index in [-0.39, 0.29) is 16.0 Å². The second-order valence-corrected chi connectivity index (χ2v) is 18.2. The van der Waals surface area contributed by atoms with Gasteiger partial charge in [0.25, 0.3) is 14.3 Å². The molecule has 0 aromatic heterocycles. The molecule has 1 rings (SSSR count). The van der Waals surface area contributed by atoms with Crippen LogP contribution in [0.2, 0.25) is 20.7 Å². The Morgan fingerprint density at radius 1 is 0.893 bits per heavy atom. The third-order valence-corrected chi connectivity index (χ3v) is 15.8. The van der Waals surface area contributed by atoms with E-state index >= 15 is 0 Å². The molecule has 0 saturated heterocycles.